The van der Waals surface area contributed by atoms with E-state index in [4.69, 9.17) is 4.74 Å². The van der Waals surface area contributed by atoms with E-state index < -0.39 is 10.0 Å². The van der Waals surface area contributed by atoms with Crippen LogP contribution in [-0.2, 0) is 10.0 Å². The summed E-state index contributed by atoms with van der Waals surface area (Å²) < 4.78 is 32.6. The SMILES string of the molecule is CCOc1ccc(S(=O)(=O)NCCNc2cnccn2)c(C)c1. The molecule has 8 heteroatoms. The van der Waals surface area contributed by atoms with Crippen LogP contribution < -0.4 is 14.8 Å². The fourth-order valence-electron chi connectivity index (χ4n) is 2.02. The maximum absolute atomic E-state index is 12.3. The van der Waals surface area contributed by atoms with Crippen LogP contribution >= 0.6 is 0 Å². The minimum atomic E-state index is -3.56. The Morgan fingerprint density at radius 1 is 1.22 bits per heavy atom. The van der Waals surface area contributed by atoms with Crippen LogP contribution in [-0.4, -0.2) is 38.1 Å². The monoisotopic (exact) mass is 336 g/mol. The number of aromatic nitrogens is 2. The predicted molar refractivity (Wildman–Crippen MR) is 88.1 cm³/mol. The number of hydrogen-bond acceptors (Lipinski definition) is 6. The molecule has 0 amide bonds. The topological polar surface area (TPSA) is 93.2 Å². The molecular formula is C15H20N4O3S. The highest BCUT2D eigenvalue weighted by atomic mass is 32.2. The van der Waals surface area contributed by atoms with Crippen molar-refractivity contribution in [2.24, 2.45) is 0 Å². The first kappa shape index (κ1) is 17.2. The van der Waals surface area contributed by atoms with Crippen LogP contribution in [0.25, 0.3) is 0 Å². The molecule has 0 radical (unpaired) electrons. The number of aryl methyl sites for hydroxylation is 1. The molecule has 2 N–H and O–H groups in total. The minimum absolute atomic E-state index is 0.242. The van der Waals surface area contributed by atoms with Crippen molar-refractivity contribution in [3.05, 3.63) is 42.4 Å². The normalized spacial score (nSPS) is 11.2. The first-order valence-corrected chi connectivity index (χ1v) is 8.74. The average molecular weight is 336 g/mol. The standard InChI is InChI=1S/C15H20N4O3S/c1-3-22-13-4-5-14(12(2)10-13)23(20,21)19-9-8-18-15-11-16-6-7-17-15/h4-7,10-11,19H,3,8-9H2,1-2H3,(H,17,18). The van der Waals surface area contributed by atoms with E-state index in [0.717, 1.165) is 0 Å². The molecule has 0 aliphatic heterocycles. The van der Waals surface area contributed by atoms with Crippen molar-refractivity contribution in [3.63, 3.8) is 0 Å². The Labute approximate surface area is 136 Å². The third-order valence-corrected chi connectivity index (χ3v) is 4.65. The molecule has 2 aromatic rings. The highest BCUT2D eigenvalue weighted by Crippen LogP contribution is 2.21. The number of benzene rings is 1. The zero-order valence-corrected chi connectivity index (χ0v) is 13.9. The largest absolute Gasteiger partial charge is 0.494 e. The molecule has 2 rings (SSSR count). The van der Waals surface area contributed by atoms with Gasteiger partial charge in [0.2, 0.25) is 10.0 Å². The number of nitrogens with zero attached hydrogens (tertiary/aromatic N) is 2. The molecule has 0 aliphatic carbocycles. The highest BCUT2D eigenvalue weighted by Gasteiger charge is 2.16. The summed E-state index contributed by atoms with van der Waals surface area (Å²) in [7, 11) is -3.56. The Balaban J connectivity index is 1.93. The lowest BCUT2D eigenvalue weighted by molar-refractivity contribution is 0.339. The van der Waals surface area contributed by atoms with Gasteiger partial charge in [0.25, 0.3) is 0 Å². The summed E-state index contributed by atoms with van der Waals surface area (Å²) in [5.74, 6) is 1.26. The zero-order valence-electron chi connectivity index (χ0n) is 13.1. The summed E-state index contributed by atoms with van der Waals surface area (Å²) in [4.78, 5) is 8.22. The molecule has 0 fully saturated rings. The second-order valence-electron chi connectivity index (χ2n) is 4.78. The van der Waals surface area contributed by atoms with Gasteiger partial charge in [-0.3, -0.25) is 4.98 Å². The summed E-state index contributed by atoms with van der Waals surface area (Å²) in [5.41, 5.74) is 0.644. The smallest absolute Gasteiger partial charge is 0.240 e. The van der Waals surface area contributed by atoms with Crippen LogP contribution in [0, 0.1) is 6.92 Å². The van der Waals surface area contributed by atoms with E-state index in [1.54, 1.807) is 43.7 Å². The third kappa shape index (κ3) is 4.90. The van der Waals surface area contributed by atoms with Crippen LogP contribution in [0.5, 0.6) is 5.75 Å². The molecule has 0 spiro atoms. The summed E-state index contributed by atoms with van der Waals surface area (Å²) in [6.07, 6.45) is 4.71. The van der Waals surface area contributed by atoms with Crippen LogP contribution in [0.4, 0.5) is 5.82 Å². The molecule has 0 bridgehead atoms. The van der Waals surface area contributed by atoms with Gasteiger partial charge < -0.3 is 10.1 Å². The van der Waals surface area contributed by atoms with Gasteiger partial charge >= 0.3 is 0 Å². The van der Waals surface area contributed by atoms with Gasteiger partial charge in [0, 0.05) is 25.5 Å². The summed E-state index contributed by atoms with van der Waals surface area (Å²) >= 11 is 0. The van der Waals surface area contributed by atoms with Crippen molar-refractivity contribution in [2.45, 2.75) is 18.7 Å². The van der Waals surface area contributed by atoms with Gasteiger partial charge in [-0.1, -0.05) is 0 Å². The van der Waals surface area contributed by atoms with Crippen LogP contribution in [0.2, 0.25) is 0 Å². The molecule has 124 valence electrons. The second kappa shape index (κ2) is 7.89. The zero-order chi connectivity index (χ0) is 16.7. The van der Waals surface area contributed by atoms with Crippen molar-refractivity contribution in [1.29, 1.82) is 0 Å². The van der Waals surface area contributed by atoms with E-state index >= 15 is 0 Å². The number of sulfonamides is 1. The lowest BCUT2D eigenvalue weighted by atomic mass is 10.2. The maximum Gasteiger partial charge on any atom is 0.240 e. The van der Waals surface area contributed by atoms with Crippen LogP contribution in [0.3, 0.4) is 0 Å². The molecular weight excluding hydrogens is 316 g/mol. The predicted octanol–water partition coefficient (Wildman–Crippen LogP) is 1.57. The van der Waals surface area contributed by atoms with Gasteiger partial charge in [0.1, 0.15) is 11.6 Å². The van der Waals surface area contributed by atoms with Crippen molar-refractivity contribution in [3.8, 4) is 5.75 Å². The van der Waals surface area contributed by atoms with Gasteiger partial charge in [-0.2, -0.15) is 0 Å². The molecule has 1 aromatic carbocycles. The quantitative estimate of drug-likeness (QED) is 0.711. The molecule has 1 heterocycles. The van der Waals surface area contributed by atoms with Gasteiger partial charge in [-0.15, -0.1) is 0 Å². The maximum atomic E-state index is 12.3. The van der Waals surface area contributed by atoms with Crippen molar-refractivity contribution in [1.82, 2.24) is 14.7 Å². The molecule has 0 atom stereocenters. The molecule has 0 aliphatic rings. The van der Waals surface area contributed by atoms with Gasteiger partial charge in [-0.25, -0.2) is 18.1 Å². The minimum Gasteiger partial charge on any atom is -0.494 e. The molecule has 0 saturated carbocycles. The number of hydrogen-bond donors (Lipinski definition) is 2. The Hall–Kier alpha value is -2.19. The Morgan fingerprint density at radius 2 is 2.04 bits per heavy atom. The van der Waals surface area contributed by atoms with Crippen LogP contribution in [0.15, 0.2) is 41.7 Å². The number of nitrogens with one attached hydrogen (secondary N) is 2. The molecule has 1 aromatic heterocycles. The Morgan fingerprint density at radius 3 is 2.70 bits per heavy atom. The van der Waals surface area contributed by atoms with E-state index in [2.05, 4.69) is 20.0 Å². The highest BCUT2D eigenvalue weighted by molar-refractivity contribution is 7.89. The average Bonchev–Trinajstić information content (AvgIpc) is 2.53. The third-order valence-electron chi connectivity index (χ3n) is 3.03. The van der Waals surface area contributed by atoms with E-state index in [0.29, 0.717) is 30.3 Å². The van der Waals surface area contributed by atoms with Crippen molar-refractivity contribution in [2.75, 3.05) is 25.0 Å². The number of ether oxygens (including phenoxy) is 1. The molecule has 0 unspecified atom stereocenters. The van der Waals surface area contributed by atoms with E-state index in [1.807, 2.05) is 6.92 Å². The van der Waals surface area contributed by atoms with Gasteiger partial charge in [0.15, 0.2) is 0 Å². The van der Waals surface area contributed by atoms with E-state index in [9.17, 15) is 8.42 Å². The van der Waals surface area contributed by atoms with E-state index in [1.165, 1.54) is 0 Å². The summed E-state index contributed by atoms with van der Waals surface area (Å²) in [6, 6.07) is 4.93. The van der Waals surface area contributed by atoms with Gasteiger partial charge in [-0.05, 0) is 37.6 Å². The fourth-order valence-corrected chi connectivity index (χ4v) is 3.28. The Bertz CT molecular complexity index is 736. The summed E-state index contributed by atoms with van der Waals surface area (Å²) in [6.45, 7) is 4.82. The number of anilines is 1. The fraction of sp³-hybridized carbons (Fsp3) is 0.333. The van der Waals surface area contributed by atoms with E-state index in [-0.39, 0.29) is 11.4 Å². The molecule has 23 heavy (non-hydrogen) atoms. The van der Waals surface area contributed by atoms with Gasteiger partial charge in [0.05, 0.1) is 17.7 Å². The lowest BCUT2D eigenvalue weighted by Gasteiger charge is -2.11. The first-order chi connectivity index (χ1) is 11.0. The summed E-state index contributed by atoms with van der Waals surface area (Å²) in [5, 5.41) is 2.99. The van der Waals surface area contributed by atoms with Crippen LogP contribution in [0.1, 0.15) is 12.5 Å². The van der Waals surface area contributed by atoms with Crippen molar-refractivity contribution >= 4 is 15.8 Å². The second-order valence-corrected chi connectivity index (χ2v) is 6.51. The Kier molecular flexibility index (Phi) is 5.89. The first-order valence-electron chi connectivity index (χ1n) is 7.26. The van der Waals surface area contributed by atoms with Crippen molar-refractivity contribution < 1.29 is 13.2 Å². The molecule has 0 saturated heterocycles. The number of rotatable bonds is 8. The lowest BCUT2D eigenvalue weighted by Crippen LogP contribution is -2.29. The molecule has 7 nitrogen and oxygen atoms in total.